The van der Waals surface area contributed by atoms with Gasteiger partial charge in [-0.25, -0.2) is 18.8 Å². The quantitative estimate of drug-likeness (QED) is 0.0709. The van der Waals surface area contributed by atoms with E-state index in [1.54, 1.807) is 78.9 Å². The molecule has 3 fully saturated rings. The number of aromatic nitrogens is 2. The first-order chi connectivity index (χ1) is 31.5. The van der Waals surface area contributed by atoms with Gasteiger partial charge in [0.25, 0.3) is 11.8 Å². The van der Waals surface area contributed by atoms with Gasteiger partial charge in [0, 0.05) is 79.8 Å². The summed E-state index contributed by atoms with van der Waals surface area (Å²) in [4.78, 5) is 62.7. The van der Waals surface area contributed by atoms with Crippen LogP contribution >= 0.6 is 11.6 Å². The molecule has 0 spiro atoms. The summed E-state index contributed by atoms with van der Waals surface area (Å²) < 4.78 is 35.8. The highest BCUT2D eigenvalue weighted by Gasteiger charge is 2.32. The van der Waals surface area contributed by atoms with Crippen molar-refractivity contribution in [1.82, 2.24) is 30.6 Å². The molecule has 3 saturated heterocycles. The van der Waals surface area contributed by atoms with E-state index in [-0.39, 0.29) is 35.9 Å². The summed E-state index contributed by atoms with van der Waals surface area (Å²) in [6.45, 7) is 5.31. The number of hydrogen-bond donors (Lipinski definition) is 5. The lowest BCUT2D eigenvalue weighted by Crippen LogP contribution is -2.48. The van der Waals surface area contributed by atoms with Crippen molar-refractivity contribution in [3.63, 3.8) is 0 Å². The van der Waals surface area contributed by atoms with Gasteiger partial charge in [0.1, 0.15) is 11.6 Å². The van der Waals surface area contributed by atoms with Crippen LogP contribution in [0, 0.1) is 17.6 Å². The number of nitrogens with one attached hydrogen (secondary N) is 5. The zero-order valence-electron chi connectivity index (χ0n) is 35.7. The number of piperazine rings is 1. The predicted octanol–water partition coefficient (Wildman–Crippen LogP) is 7.25. The molecule has 65 heavy (non-hydrogen) atoms. The van der Waals surface area contributed by atoms with Gasteiger partial charge in [0.05, 0.1) is 35.6 Å². The average Bonchev–Trinajstić information content (AvgIpc) is 3.31. The highest BCUT2D eigenvalue weighted by atomic mass is 35.5. The van der Waals surface area contributed by atoms with Crippen LogP contribution < -0.4 is 36.3 Å². The fraction of sp³-hybridized carbons (Fsp3) is 0.319. The molecule has 338 valence electrons. The van der Waals surface area contributed by atoms with Crippen LogP contribution in [0.15, 0.2) is 91.1 Å². The number of methoxy groups -OCH3 is 1. The van der Waals surface area contributed by atoms with E-state index in [0.29, 0.717) is 75.6 Å². The van der Waals surface area contributed by atoms with Crippen molar-refractivity contribution in [2.24, 2.45) is 5.92 Å². The monoisotopic (exact) mass is 906 g/mol. The van der Waals surface area contributed by atoms with E-state index in [1.807, 2.05) is 9.91 Å². The molecule has 1 aromatic heterocycles. The molecule has 8 rings (SSSR count). The van der Waals surface area contributed by atoms with E-state index in [2.05, 4.69) is 41.6 Å². The maximum Gasteiger partial charge on any atom is 0.265 e. The zero-order valence-corrected chi connectivity index (χ0v) is 36.5. The molecule has 0 saturated carbocycles. The van der Waals surface area contributed by atoms with Gasteiger partial charge in [-0.15, -0.1) is 0 Å². The van der Waals surface area contributed by atoms with Crippen LogP contribution in [-0.2, 0) is 9.59 Å². The fourth-order valence-corrected chi connectivity index (χ4v) is 8.49. The van der Waals surface area contributed by atoms with Crippen molar-refractivity contribution in [3.8, 4) is 5.75 Å². The Bertz CT molecular complexity index is 2530. The Morgan fingerprint density at radius 2 is 1.51 bits per heavy atom. The first-order valence-corrected chi connectivity index (χ1v) is 21.9. The number of piperidine rings is 2. The van der Waals surface area contributed by atoms with E-state index >= 15 is 4.39 Å². The van der Waals surface area contributed by atoms with Crippen molar-refractivity contribution in [3.05, 3.63) is 124 Å². The number of hydrazine groups is 1. The molecule has 18 heteroatoms. The molecular weight excluding hydrogens is 858 g/mol. The van der Waals surface area contributed by atoms with Gasteiger partial charge in [0.2, 0.25) is 17.8 Å². The van der Waals surface area contributed by atoms with Gasteiger partial charge in [-0.05, 0) is 105 Å². The van der Waals surface area contributed by atoms with Crippen LogP contribution in [-0.4, -0.2) is 96.4 Å². The number of anilines is 6. The molecule has 3 aliphatic rings. The summed E-state index contributed by atoms with van der Waals surface area (Å²) in [6, 6.07) is 23.3. The Labute approximate surface area is 379 Å². The maximum absolute atomic E-state index is 15.5. The van der Waals surface area contributed by atoms with Gasteiger partial charge < -0.3 is 25.6 Å². The van der Waals surface area contributed by atoms with Crippen molar-refractivity contribution in [2.75, 3.05) is 73.8 Å². The SMILES string of the molecule is COc1cc(N2CCN(CCC3CCN(NC(=O)c4ccc(Nc5ncc(F)c(Nc6ccc(C(=O)Nc7ccccc7Cl)cc6)n5)cc4)CC3)CC2)c(F)cc1C1CCC(=O)NC1=O. The van der Waals surface area contributed by atoms with E-state index in [0.717, 1.165) is 58.2 Å². The number of nitrogens with zero attached hydrogens (tertiary/aromatic N) is 5. The number of carbonyl (C=O) groups is 4. The number of carbonyl (C=O) groups excluding carboxylic acids is 4. The topological polar surface area (TPSA) is 173 Å². The molecule has 0 aliphatic carbocycles. The van der Waals surface area contributed by atoms with E-state index in [9.17, 15) is 23.6 Å². The lowest BCUT2D eigenvalue weighted by atomic mass is 9.89. The number of amides is 4. The molecule has 1 unspecified atom stereocenters. The minimum atomic E-state index is -0.669. The molecule has 4 amide bonds. The van der Waals surface area contributed by atoms with Crippen molar-refractivity contribution in [2.45, 2.75) is 38.0 Å². The van der Waals surface area contributed by atoms with E-state index in [4.69, 9.17) is 16.3 Å². The minimum absolute atomic E-state index is 0.0672. The first-order valence-electron chi connectivity index (χ1n) is 21.6. The average molecular weight is 907 g/mol. The lowest BCUT2D eigenvalue weighted by Gasteiger charge is -2.38. The number of halogens is 3. The number of para-hydroxylation sites is 1. The molecule has 4 heterocycles. The van der Waals surface area contributed by atoms with Crippen LogP contribution in [0.5, 0.6) is 5.75 Å². The smallest absolute Gasteiger partial charge is 0.265 e. The molecule has 0 radical (unpaired) electrons. The van der Waals surface area contributed by atoms with Gasteiger partial charge in [-0.2, -0.15) is 4.98 Å². The molecular formula is C47H49ClF2N10O5. The number of imide groups is 1. The minimum Gasteiger partial charge on any atom is -0.496 e. The molecule has 3 aliphatic heterocycles. The number of ether oxygens (including phenoxy) is 1. The van der Waals surface area contributed by atoms with Crippen LogP contribution in [0.4, 0.5) is 43.3 Å². The maximum atomic E-state index is 15.5. The summed E-state index contributed by atoms with van der Waals surface area (Å²) >= 11 is 6.15. The molecule has 5 N–H and O–H groups in total. The largest absolute Gasteiger partial charge is 0.496 e. The lowest BCUT2D eigenvalue weighted by molar-refractivity contribution is -0.134. The van der Waals surface area contributed by atoms with E-state index < -0.39 is 23.5 Å². The number of benzene rings is 4. The summed E-state index contributed by atoms with van der Waals surface area (Å²) in [5.41, 5.74) is 6.40. The van der Waals surface area contributed by atoms with Gasteiger partial charge in [0.15, 0.2) is 11.6 Å². The van der Waals surface area contributed by atoms with E-state index in [1.165, 1.54) is 13.2 Å². The van der Waals surface area contributed by atoms with Crippen molar-refractivity contribution < 1.29 is 32.7 Å². The van der Waals surface area contributed by atoms with Gasteiger partial charge in [-0.1, -0.05) is 23.7 Å². The van der Waals surface area contributed by atoms with Crippen molar-refractivity contribution in [1.29, 1.82) is 0 Å². The Morgan fingerprint density at radius 1 is 0.831 bits per heavy atom. The third-order valence-electron chi connectivity index (χ3n) is 12.0. The Morgan fingerprint density at radius 3 is 2.18 bits per heavy atom. The normalized spacial score (nSPS) is 17.3. The first kappa shape index (κ1) is 44.9. The highest BCUT2D eigenvalue weighted by Crippen LogP contribution is 2.37. The molecule has 4 aromatic carbocycles. The molecule has 1 atom stereocenters. The molecule has 0 bridgehead atoms. The second kappa shape index (κ2) is 20.4. The summed E-state index contributed by atoms with van der Waals surface area (Å²) in [7, 11) is 1.50. The molecule has 15 nitrogen and oxygen atoms in total. The third kappa shape index (κ3) is 11.2. The second-order valence-corrected chi connectivity index (χ2v) is 16.7. The van der Waals surface area contributed by atoms with Crippen LogP contribution in [0.3, 0.4) is 0 Å². The third-order valence-corrected chi connectivity index (χ3v) is 12.4. The number of rotatable bonds is 14. The van der Waals surface area contributed by atoms with Crippen LogP contribution in [0.25, 0.3) is 0 Å². The van der Waals surface area contributed by atoms with Crippen molar-refractivity contribution >= 4 is 69.7 Å². The number of hydrogen-bond acceptors (Lipinski definition) is 12. The summed E-state index contributed by atoms with van der Waals surface area (Å²) in [5.74, 6) is -1.99. The molecule has 5 aromatic rings. The zero-order chi connectivity index (χ0) is 45.5. The Hall–Kier alpha value is -6.69. The van der Waals surface area contributed by atoms with Crippen LogP contribution in [0.2, 0.25) is 5.02 Å². The fourth-order valence-electron chi connectivity index (χ4n) is 8.31. The van der Waals surface area contributed by atoms with Gasteiger partial charge >= 0.3 is 0 Å². The van der Waals surface area contributed by atoms with Crippen LogP contribution in [0.1, 0.15) is 64.3 Å². The summed E-state index contributed by atoms with van der Waals surface area (Å²) in [6.07, 6.45) is 4.51. The highest BCUT2D eigenvalue weighted by molar-refractivity contribution is 6.33. The van der Waals surface area contributed by atoms with Gasteiger partial charge in [-0.3, -0.25) is 34.8 Å². The standard InChI is InChI=1S/C47H49ClF2N10O5/c1-65-41-27-40(37(49)26-35(41)34-14-15-42(61)55-46(34)64)59-24-22-58(23-25-59)19-16-29-17-20-60(21-18-29)57-45(63)31-8-12-33(13-9-31)53-47-51-28-38(50)43(56-47)52-32-10-6-30(7-11-32)44(62)54-39-5-3-2-4-36(39)48/h2-13,26-29,34H,14-25H2,1H3,(H,54,62)(H,57,63)(H,55,61,64)(H2,51,52,53,56). The Kier molecular flexibility index (Phi) is 14.1. The Balaban J connectivity index is 0.752. The second-order valence-electron chi connectivity index (χ2n) is 16.3. The summed E-state index contributed by atoms with van der Waals surface area (Å²) in [5, 5.41) is 13.5. The predicted molar refractivity (Wildman–Crippen MR) is 244 cm³/mol.